The number of hydrogen-bond acceptors (Lipinski definition) is 1. The van der Waals surface area contributed by atoms with Crippen molar-refractivity contribution in [3.05, 3.63) is 11.6 Å². The molecule has 0 aromatic heterocycles. The van der Waals surface area contributed by atoms with E-state index in [4.69, 9.17) is 0 Å². The van der Waals surface area contributed by atoms with Gasteiger partial charge >= 0.3 is 0 Å². The van der Waals surface area contributed by atoms with Crippen molar-refractivity contribution in [1.82, 2.24) is 0 Å². The Balaban J connectivity index is 1.32. The van der Waals surface area contributed by atoms with Crippen LogP contribution in [-0.4, -0.2) is 11.2 Å². The molecule has 7 atom stereocenters. The van der Waals surface area contributed by atoms with E-state index in [-0.39, 0.29) is 6.10 Å². The van der Waals surface area contributed by atoms with Gasteiger partial charge in [-0.15, -0.1) is 0 Å². The third-order valence-corrected chi connectivity index (χ3v) is 10.7. The summed E-state index contributed by atoms with van der Waals surface area (Å²) in [4.78, 5) is 0. The van der Waals surface area contributed by atoms with Gasteiger partial charge in [0.15, 0.2) is 0 Å². The van der Waals surface area contributed by atoms with Crippen molar-refractivity contribution < 1.29 is 5.11 Å². The van der Waals surface area contributed by atoms with Gasteiger partial charge in [0, 0.05) is 0 Å². The van der Waals surface area contributed by atoms with E-state index < -0.39 is 0 Å². The van der Waals surface area contributed by atoms with Crippen LogP contribution < -0.4 is 0 Å². The number of hydrogen-bond donors (Lipinski definition) is 1. The number of aliphatic hydroxyl groups excluding tert-OH is 1. The minimum Gasteiger partial charge on any atom is -0.393 e. The fourth-order valence-electron chi connectivity index (χ4n) is 8.96. The zero-order chi connectivity index (χ0) is 18.6. The average Bonchev–Trinajstić information content (AvgIpc) is 3.28. The van der Waals surface area contributed by atoms with Crippen LogP contribution in [0.3, 0.4) is 0 Å². The van der Waals surface area contributed by atoms with Crippen LogP contribution in [0, 0.1) is 40.4 Å². The summed E-state index contributed by atoms with van der Waals surface area (Å²) >= 11 is 0. The first-order chi connectivity index (χ1) is 13.0. The maximum Gasteiger partial charge on any atom is 0.0577 e. The van der Waals surface area contributed by atoms with Crippen LogP contribution in [0.25, 0.3) is 0 Å². The quantitative estimate of drug-likeness (QED) is 0.536. The second kappa shape index (κ2) is 6.89. The Bertz CT molecular complexity index is 587. The number of allylic oxidation sites excluding steroid dienone is 1. The molecule has 7 unspecified atom stereocenters. The van der Waals surface area contributed by atoms with Crippen LogP contribution in [0.1, 0.15) is 104 Å². The van der Waals surface area contributed by atoms with E-state index in [1.807, 2.05) is 0 Å². The molecule has 0 saturated heterocycles. The zero-order valence-electron chi connectivity index (χ0n) is 17.9. The predicted octanol–water partition coefficient (Wildman–Crippen LogP) is 6.90. The highest BCUT2D eigenvalue weighted by molar-refractivity contribution is 5.25. The van der Waals surface area contributed by atoms with E-state index in [2.05, 4.69) is 19.9 Å². The molecule has 5 rings (SSSR count). The summed E-state index contributed by atoms with van der Waals surface area (Å²) in [5.74, 6) is 4.89. The van der Waals surface area contributed by atoms with Crippen molar-refractivity contribution in [2.75, 3.05) is 0 Å². The molecule has 152 valence electrons. The van der Waals surface area contributed by atoms with Crippen molar-refractivity contribution in [3.63, 3.8) is 0 Å². The average molecular weight is 371 g/mol. The minimum absolute atomic E-state index is 0.0684. The first-order valence-electron chi connectivity index (χ1n) is 12.4. The lowest BCUT2D eigenvalue weighted by Crippen LogP contribution is -2.50. The van der Waals surface area contributed by atoms with Gasteiger partial charge in [-0.3, -0.25) is 0 Å². The molecule has 0 aliphatic heterocycles. The van der Waals surface area contributed by atoms with Gasteiger partial charge in [-0.1, -0.05) is 57.6 Å². The van der Waals surface area contributed by atoms with Gasteiger partial charge < -0.3 is 5.11 Å². The Morgan fingerprint density at radius 3 is 2.56 bits per heavy atom. The molecule has 4 fully saturated rings. The van der Waals surface area contributed by atoms with E-state index >= 15 is 0 Å². The second-order valence-electron chi connectivity index (χ2n) is 11.7. The molecule has 1 nitrogen and oxygen atoms in total. The highest BCUT2D eigenvalue weighted by Crippen LogP contribution is 2.66. The fraction of sp³-hybridized carbons (Fsp3) is 0.923. The molecule has 1 N–H and O–H groups in total. The van der Waals surface area contributed by atoms with Crippen LogP contribution >= 0.6 is 0 Å². The zero-order valence-corrected chi connectivity index (χ0v) is 17.9. The Hall–Kier alpha value is -0.300. The lowest BCUT2D eigenvalue weighted by molar-refractivity contribution is -0.0512. The normalized spacial score (nSPS) is 50.0. The third-order valence-electron chi connectivity index (χ3n) is 10.7. The standard InChI is InChI=1S/C26H42O/c1-25-16-14-24-22(11-9-20-17-21(27)13-15-26(20,24)2)23(25)12-10-19(25)8-7-18-5-3-4-6-18/h9,18-19,21-24,27H,3-8,10-17H2,1-2H3. The lowest BCUT2D eigenvalue weighted by atomic mass is 9.47. The van der Waals surface area contributed by atoms with E-state index in [1.165, 1.54) is 77.0 Å². The maximum atomic E-state index is 10.2. The van der Waals surface area contributed by atoms with Crippen molar-refractivity contribution in [3.8, 4) is 0 Å². The predicted molar refractivity (Wildman–Crippen MR) is 112 cm³/mol. The molecule has 0 radical (unpaired) electrons. The van der Waals surface area contributed by atoms with Gasteiger partial charge in [-0.05, 0) is 98.2 Å². The third kappa shape index (κ3) is 2.97. The molecule has 0 aromatic rings. The molecule has 5 aliphatic rings. The SMILES string of the molecule is CC12CCC(O)CC1=CCC1C2CCC2(C)C(CCC3CCCC3)CCC12. The van der Waals surface area contributed by atoms with Crippen molar-refractivity contribution >= 4 is 0 Å². The smallest absolute Gasteiger partial charge is 0.0577 e. The summed E-state index contributed by atoms with van der Waals surface area (Å²) in [5, 5.41) is 10.2. The molecule has 27 heavy (non-hydrogen) atoms. The van der Waals surface area contributed by atoms with Gasteiger partial charge in [-0.25, -0.2) is 0 Å². The number of rotatable bonds is 3. The first-order valence-corrected chi connectivity index (χ1v) is 12.4. The van der Waals surface area contributed by atoms with Gasteiger partial charge in [0.2, 0.25) is 0 Å². The molecule has 0 spiro atoms. The summed E-state index contributed by atoms with van der Waals surface area (Å²) in [6.45, 7) is 5.27. The summed E-state index contributed by atoms with van der Waals surface area (Å²) in [5.41, 5.74) is 2.67. The Labute approximate surface area is 167 Å². The molecule has 5 aliphatic carbocycles. The van der Waals surface area contributed by atoms with Crippen LogP contribution in [0.15, 0.2) is 11.6 Å². The van der Waals surface area contributed by atoms with E-state index in [9.17, 15) is 5.11 Å². The van der Waals surface area contributed by atoms with Gasteiger partial charge in [0.1, 0.15) is 0 Å². The topological polar surface area (TPSA) is 20.2 Å². The second-order valence-corrected chi connectivity index (χ2v) is 11.7. The molecular weight excluding hydrogens is 328 g/mol. The first kappa shape index (κ1) is 18.7. The van der Waals surface area contributed by atoms with Crippen LogP contribution in [0.4, 0.5) is 0 Å². The maximum absolute atomic E-state index is 10.2. The van der Waals surface area contributed by atoms with Crippen LogP contribution in [0.2, 0.25) is 0 Å². The summed E-state index contributed by atoms with van der Waals surface area (Å²) in [7, 11) is 0. The fourth-order valence-corrected chi connectivity index (χ4v) is 8.96. The van der Waals surface area contributed by atoms with Crippen LogP contribution in [-0.2, 0) is 0 Å². The molecule has 0 amide bonds. The molecule has 1 heteroatoms. The number of aliphatic hydroxyl groups is 1. The lowest BCUT2D eigenvalue weighted by Gasteiger charge is -2.58. The minimum atomic E-state index is -0.0684. The largest absolute Gasteiger partial charge is 0.393 e. The molecule has 0 aromatic carbocycles. The van der Waals surface area contributed by atoms with Gasteiger partial charge in [0.05, 0.1) is 6.10 Å². The highest BCUT2D eigenvalue weighted by atomic mass is 16.3. The molecular formula is C26H42O. The van der Waals surface area contributed by atoms with E-state index in [0.717, 1.165) is 42.4 Å². The molecule has 0 bridgehead atoms. The monoisotopic (exact) mass is 370 g/mol. The summed E-state index contributed by atoms with van der Waals surface area (Å²) < 4.78 is 0. The number of fused-ring (bicyclic) bond motifs is 5. The van der Waals surface area contributed by atoms with E-state index in [0.29, 0.717) is 10.8 Å². The molecule has 0 heterocycles. The Kier molecular flexibility index (Phi) is 4.78. The van der Waals surface area contributed by atoms with Gasteiger partial charge in [-0.2, -0.15) is 0 Å². The molecule has 4 saturated carbocycles. The Morgan fingerprint density at radius 1 is 0.926 bits per heavy atom. The summed E-state index contributed by atoms with van der Waals surface area (Å²) in [6.07, 6.45) is 22.1. The van der Waals surface area contributed by atoms with Crippen molar-refractivity contribution in [1.29, 1.82) is 0 Å². The Morgan fingerprint density at radius 2 is 1.74 bits per heavy atom. The van der Waals surface area contributed by atoms with Crippen molar-refractivity contribution in [2.24, 2.45) is 40.4 Å². The van der Waals surface area contributed by atoms with Crippen molar-refractivity contribution in [2.45, 2.75) is 110 Å². The highest BCUT2D eigenvalue weighted by Gasteiger charge is 2.58. The van der Waals surface area contributed by atoms with E-state index in [1.54, 1.807) is 5.57 Å². The van der Waals surface area contributed by atoms with Gasteiger partial charge in [0.25, 0.3) is 0 Å². The van der Waals surface area contributed by atoms with Crippen LogP contribution in [0.5, 0.6) is 0 Å². The summed E-state index contributed by atoms with van der Waals surface area (Å²) in [6, 6.07) is 0.